The first-order valence-electron chi connectivity index (χ1n) is 9.83. The molecule has 1 saturated heterocycles. The number of morpholine rings is 1. The monoisotopic (exact) mass is 366 g/mol. The topological polar surface area (TPSA) is 41.6 Å². The molecule has 0 aliphatic carbocycles. The number of carbonyl (C=O) groups is 1. The Bertz CT molecular complexity index is 726. The Morgan fingerprint density at radius 2 is 1.78 bits per heavy atom. The molecule has 27 heavy (non-hydrogen) atoms. The van der Waals surface area contributed by atoms with E-state index in [9.17, 15) is 4.79 Å². The van der Waals surface area contributed by atoms with E-state index in [1.807, 2.05) is 18.2 Å². The molecule has 2 atom stereocenters. The zero-order valence-electron chi connectivity index (χ0n) is 16.4. The zero-order valence-corrected chi connectivity index (χ0v) is 16.4. The summed E-state index contributed by atoms with van der Waals surface area (Å²) >= 11 is 0. The molecule has 1 fully saturated rings. The Balaban J connectivity index is 1.62. The minimum Gasteiger partial charge on any atom is -0.379 e. The van der Waals surface area contributed by atoms with Crippen LogP contribution in [0.25, 0.3) is 0 Å². The van der Waals surface area contributed by atoms with Crippen molar-refractivity contribution in [3.05, 3.63) is 71.3 Å². The highest BCUT2D eigenvalue weighted by molar-refractivity contribution is 5.76. The average molecular weight is 367 g/mol. The summed E-state index contributed by atoms with van der Waals surface area (Å²) in [5.74, 6) is 0.323. The number of rotatable bonds is 7. The van der Waals surface area contributed by atoms with Crippen molar-refractivity contribution in [3.8, 4) is 0 Å². The van der Waals surface area contributed by atoms with Gasteiger partial charge in [-0.15, -0.1) is 0 Å². The maximum absolute atomic E-state index is 12.6. The van der Waals surface area contributed by atoms with Gasteiger partial charge in [-0.3, -0.25) is 9.69 Å². The van der Waals surface area contributed by atoms with Crippen molar-refractivity contribution >= 4 is 5.91 Å². The van der Waals surface area contributed by atoms with E-state index < -0.39 is 0 Å². The van der Waals surface area contributed by atoms with Crippen molar-refractivity contribution in [2.24, 2.45) is 0 Å². The smallest absolute Gasteiger partial charge is 0.220 e. The fourth-order valence-electron chi connectivity index (χ4n) is 3.68. The van der Waals surface area contributed by atoms with Gasteiger partial charge in [-0.1, -0.05) is 67.1 Å². The molecule has 2 aromatic rings. The first-order chi connectivity index (χ1) is 13.1. The summed E-state index contributed by atoms with van der Waals surface area (Å²) in [6.07, 6.45) is 0.508. The number of nitrogens with zero attached hydrogens (tertiary/aromatic N) is 1. The summed E-state index contributed by atoms with van der Waals surface area (Å²) in [5.41, 5.74) is 3.71. The van der Waals surface area contributed by atoms with Crippen LogP contribution in [0.4, 0.5) is 0 Å². The van der Waals surface area contributed by atoms with Crippen LogP contribution in [0.1, 0.15) is 42.0 Å². The normalized spacial score (nSPS) is 17.3. The lowest BCUT2D eigenvalue weighted by Crippen LogP contribution is -2.44. The number of ether oxygens (including phenoxy) is 1. The summed E-state index contributed by atoms with van der Waals surface area (Å²) in [4.78, 5) is 15.0. The molecule has 1 heterocycles. The van der Waals surface area contributed by atoms with Crippen LogP contribution in [-0.4, -0.2) is 43.7 Å². The molecular weight excluding hydrogens is 336 g/mol. The molecular formula is C23H30N2O2. The lowest BCUT2D eigenvalue weighted by atomic mass is 9.97. The predicted molar refractivity (Wildman–Crippen MR) is 109 cm³/mol. The van der Waals surface area contributed by atoms with Crippen LogP contribution in [0.2, 0.25) is 0 Å². The molecule has 4 nitrogen and oxygen atoms in total. The highest BCUT2D eigenvalue weighted by Gasteiger charge is 2.23. The SMILES string of the molecule is Cc1cccc(C(CNC(=O)CC(C)c2ccccc2)N2CCOCC2)c1. The molecule has 1 N–H and O–H groups in total. The van der Waals surface area contributed by atoms with Crippen LogP contribution >= 0.6 is 0 Å². The lowest BCUT2D eigenvalue weighted by Gasteiger charge is -2.35. The fourth-order valence-corrected chi connectivity index (χ4v) is 3.68. The first-order valence-corrected chi connectivity index (χ1v) is 9.83. The summed E-state index contributed by atoms with van der Waals surface area (Å²) in [7, 11) is 0. The number of benzene rings is 2. The van der Waals surface area contributed by atoms with Gasteiger partial charge in [0.1, 0.15) is 0 Å². The molecule has 1 aliphatic heterocycles. The summed E-state index contributed by atoms with van der Waals surface area (Å²) < 4.78 is 5.51. The molecule has 1 aliphatic rings. The van der Waals surface area contributed by atoms with Gasteiger partial charge in [0.15, 0.2) is 0 Å². The second-order valence-corrected chi connectivity index (χ2v) is 7.40. The molecule has 4 heteroatoms. The van der Waals surface area contributed by atoms with Crippen LogP contribution in [0, 0.1) is 6.92 Å². The molecule has 0 aromatic heterocycles. The quantitative estimate of drug-likeness (QED) is 0.813. The second kappa shape index (κ2) is 9.67. The molecule has 0 bridgehead atoms. The second-order valence-electron chi connectivity index (χ2n) is 7.40. The number of carbonyl (C=O) groups excluding carboxylic acids is 1. The molecule has 2 unspecified atom stereocenters. The van der Waals surface area contributed by atoms with E-state index in [1.54, 1.807) is 0 Å². The van der Waals surface area contributed by atoms with E-state index >= 15 is 0 Å². The van der Waals surface area contributed by atoms with Gasteiger partial charge in [0.25, 0.3) is 0 Å². The van der Waals surface area contributed by atoms with Crippen LogP contribution in [0.3, 0.4) is 0 Å². The van der Waals surface area contributed by atoms with Gasteiger partial charge < -0.3 is 10.1 Å². The van der Waals surface area contributed by atoms with E-state index in [0.29, 0.717) is 13.0 Å². The first kappa shape index (κ1) is 19.6. The van der Waals surface area contributed by atoms with E-state index in [1.165, 1.54) is 16.7 Å². The molecule has 0 radical (unpaired) electrons. The van der Waals surface area contributed by atoms with Crippen molar-refractivity contribution in [3.63, 3.8) is 0 Å². The minimum atomic E-state index is 0.109. The highest BCUT2D eigenvalue weighted by atomic mass is 16.5. The van der Waals surface area contributed by atoms with Crippen molar-refractivity contribution in [2.45, 2.75) is 32.2 Å². The Morgan fingerprint density at radius 1 is 1.07 bits per heavy atom. The molecule has 0 spiro atoms. The number of hydrogen-bond donors (Lipinski definition) is 1. The molecule has 144 valence electrons. The van der Waals surface area contributed by atoms with Gasteiger partial charge >= 0.3 is 0 Å². The highest BCUT2D eigenvalue weighted by Crippen LogP contribution is 2.23. The number of aryl methyl sites for hydroxylation is 1. The van der Waals surface area contributed by atoms with Crippen LogP contribution < -0.4 is 5.32 Å². The largest absolute Gasteiger partial charge is 0.379 e. The third-order valence-corrected chi connectivity index (χ3v) is 5.27. The van der Waals surface area contributed by atoms with Gasteiger partial charge in [0, 0.05) is 26.1 Å². The van der Waals surface area contributed by atoms with Crippen LogP contribution in [0.5, 0.6) is 0 Å². The minimum absolute atomic E-state index is 0.109. The third kappa shape index (κ3) is 5.65. The van der Waals surface area contributed by atoms with Crippen molar-refractivity contribution in [2.75, 3.05) is 32.8 Å². The Morgan fingerprint density at radius 3 is 2.48 bits per heavy atom. The Hall–Kier alpha value is -2.17. The molecule has 0 saturated carbocycles. The summed E-state index contributed by atoms with van der Waals surface area (Å²) in [6.45, 7) is 8.14. The number of hydrogen-bond acceptors (Lipinski definition) is 3. The maximum atomic E-state index is 12.6. The van der Waals surface area contributed by atoms with E-state index in [0.717, 1.165) is 26.3 Å². The van der Waals surface area contributed by atoms with E-state index in [4.69, 9.17) is 4.74 Å². The van der Waals surface area contributed by atoms with Gasteiger partial charge in [-0.2, -0.15) is 0 Å². The van der Waals surface area contributed by atoms with Crippen molar-refractivity contribution < 1.29 is 9.53 Å². The van der Waals surface area contributed by atoms with E-state index in [2.05, 4.69) is 60.5 Å². The van der Waals surface area contributed by atoms with Crippen LogP contribution in [0.15, 0.2) is 54.6 Å². The molecule has 1 amide bonds. The summed E-state index contributed by atoms with van der Waals surface area (Å²) in [6, 6.07) is 19.0. The standard InChI is InChI=1S/C23H30N2O2/c1-18-7-6-10-21(15-18)22(25-11-13-27-14-12-25)17-24-23(26)16-19(2)20-8-4-3-5-9-20/h3-10,15,19,22H,11-14,16-17H2,1-2H3,(H,24,26). The van der Waals surface area contributed by atoms with Gasteiger partial charge in [-0.05, 0) is 24.0 Å². The van der Waals surface area contributed by atoms with Gasteiger partial charge in [0.05, 0.1) is 19.3 Å². The molecule has 3 rings (SSSR count). The third-order valence-electron chi connectivity index (χ3n) is 5.27. The zero-order chi connectivity index (χ0) is 19.1. The lowest BCUT2D eigenvalue weighted by molar-refractivity contribution is -0.121. The Kier molecular flexibility index (Phi) is 7.02. The van der Waals surface area contributed by atoms with E-state index in [-0.39, 0.29) is 17.9 Å². The van der Waals surface area contributed by atoms with Crippen LogP contribution in [-0.2, 0) is 9.53 Å². The maximum Gasteiger partial charge on any atom is 0.220 e. The van der Waals surface area contributed by atoms with Gasteiger partial charge in [-0.25, -0.2) is 0 Å². The molecule has 2 aromatic carbocycles. The number of nitrogens with one attached hydrogen (secondary N) is 1. The fraction of sp³-hybridized carbons (Fsp3) is 0.435. The number of amides is 1. The van der Waals surface area contributed by atoms with Gasteiger partial charge in [0.2, 0.25) is 5.91 Å². The van der Waals surface area contributed by atoms with Crippen molar-refractivity contribution in [1.82, 2.24) is 10.2 Å². The summed E-state index contributed by atoms with van der Waals surface area (Å²) in [5, 5.41) is 3.18. The average Bonchev–Trinajstić information content (AvgIpc) is 2.70. The van der Waals surface area contributed by atoms with Crippen molar-refractivity contribution in [1.29, 1.82) is 0 Å². The Labute approximate surface area is 162 Å². The predicted octanol–water partition coefficient (Wildman–Crippen LogP) is 3.68.